The first-order chi connectivity index (χ1) is 7.81. The van der Waals surface area contributed by atoms with Crippen molar-refractivity contribution in [2.24, 2.45) is 0 Å². The number of carbonyl (C=O) groups is 1. The maximum Gasteiger partial charge on any atom is 0.240 e. The quantitative estimate of drug-likeness (QED) is 0.653. The first kappa shape index (κ1) is 12.2. The van der Waals surface area contributed by atoms with Gasteiger partial charge in [-0.3, -0.25) is 15.0 Å². The van der Waals surface area contributed by atoms with E-state index >= 15 is 0 Å². The molecule has 5 nitrogen and oxygen atoms in total. The second kappa shape index (κ2) is 5.86. The molecule has 0 aromatic heterocycles. The molecule has 0 bridgehead atoms. The minimum Gasteiger partial charge on any atom is -0.395 e. The lowest BCUT2D eigenvalue weighted by atomic mass is 10.2. The van der Waals surface area contributed by atoms with E-state index in [1.165, 1.54) is 0 Å². The molecule has 2 N–H and O–H groups in total. The first-order valence-corrected chi connectivity index (χ1v) is 6.90. The Hall–Kier alpha value is -0.300. The van der Waals surface area contributed by atoms with E-state index in [0.29, 0.717) is 0 Å². The number of nitrogens with zero attached hydrogens (tertiary/aromatic N) is 2. The molecule has 6 heteroatoms. The molecule has 1 atom stereocenters. The lowest BCUT2D eigenvalue weighted by Crippen LogP contribution is -2.53. The second-order valence-electron chi connectivity index (χ2n) is 4.16. The summed E-state index contributed by atoms with van der Waals surface area (Å²) in [6, 6.07) is 0.0226. The molecule has 0 aromatic rings. The molecular formula is C10H19N3O2S. The number of hydrogen-bond donors (Lipinski definition) is 2. The molecule has 0 spiro atoms. The summed E-state index contributed by atoms with van der Waals surface area (Å²) in [5, 5.41) is 12.0. The van der Waals surface area contributed by atoms with Crippen molar-refractivity contribution < 1.29 is 9.90 Å². The van der Waals surface area contributed by atoms with E-state index in [4.69, 9.17) is 5.11 Å². The molecule has 2 aliphatic rings. The van der Waals surface area contributed by atoms with Gasteiger partial charge in [-0.2, -0.15) is 0 Å². The Balaban J connectivity index is 1.77. The summed E-state index contributed by atoms with van der Waals surface area (Å²) < 4.78 is 0. The summed E-state index contributed by atoms with van der Waals surface area (Å²) in [7, 11) is 0. The van der Waals surface area contributed by atoms with Crippen LogP contribution in [-0.4, -0.2) is 77.8 Å². The number of carbonyl (C=O) groups excluding carboxylic acids is 1. The summed E-state index contributed by atoms with van der Waals surface area (Å²) >= 11 is 1.78. The number of thioether (sulfide) groups is 1. The standard InChI is InChI=1S/C10H19N3O2S/c14-6-5-12-1-3-13(4-2-12)10(15)9-7-16-8-11-9/h9,11,14H,1-8H2/t9-/m1/s1. The van der Waals surface area contributed by atoms with Gasteiger partial charge in [-0.25, -0.2) is 0 Å². The maximum atomic E-state index is 12.0. The SMILES string of the molecule is O=C([C@H]1CSCN1)N1CCN(CCO)CC1. The minimum atomic E-state index is 0.0226. The number of nitrogens with one attached hydrogen (secondary N) is 1. The van der Waals surface area contributed by atoms with Crippen molar-refractivity contribution in [3.05, 3.63) is 0 Å². The van der Waals surface area contributed by atoms with Crippen molar-refractivity contribution in [1.82, 2.24) is 15.1 Å². The zero-order valence-electron chi connectivity index (χ0n) is 9.39. The van der Waals surface area contributed by atoms with Gasteiger partial charge in [0.25, 0.3) is 0 Å². The average Bonchev–Trinajstić information content (AvgIpc) is 2.83. The molecule has 0 unspecified atom stereocenters. The highest BCUT2D eigenvalue weighted by Gasteiger charge is 2.29. The third-order valence-electron chi connectivity index (χ3n) is 3.11. The second-order valence-corrected chi connectivity index (χ2v) is 5.19. The number of β-amino-alcohol motifs (C(OH)–C–C–N with tert-alkyl or cyclic N) is 1. The van der Waals surface area contributed by atoms with Gasteiger partial charge in [-0.15, -0.1) is 11.8 Å². The molecule has 2 heterocycles. The van der Waals surface area contributed by atoms with E-state index in [0.717, 1.165) is 44.4 Å². The molecule has 16 heavy (non-hydrogen) atoms. The predicted molar refractivity (Wildman–Crippen MR) is 64.4 cm³/mol. The van der Waals surface area contributed by atoms with E-state index in [1.54, 1.807) is 11.8 Å². The fraction of sp³-hybridized carbons (Fsp3) is 0.900. The number of piperazine rings is 1. The van der Waals surface area contributed by atoms with Gasteiger partial charge in [0.2, 0.25) is 5.91 Å². The third-order valence-corrected chi connectivity index (χ3v) is 4.05. The Morgan fingerprint density at radius 1 is 1.38 bits per heavy atom. The smallest absolute Gasteiger partial charge is 0.240 e. The molecule has 2 fully saturated rings. The molecule has 0 aromatic carbocycles. The van der Waals surface area contributed by atoms with E-state index in [1.807, 2.05) is 4.90 Å². The van der Waals surface area contributed by atoms with Crippen LogP contribution in [0.1, 0.15) is 0 Å². The summed E-state index contributed by atoms with van der Waals surface area (Å²) in [5.74, 6) is 2.03. The van der Waals surface area contributed by atoms with Crippen LogP contribution in [0.15, 0.2) is 0 Å². The summed E-state index contributed by atoms with van der Waals surface area (Å²) in [5.41, 5.74) is 0. The van der Waals surface area contributed by atoms with Gasteiger partial charge in [0, 0.05) is 44.4 Å². The minimum absolute atomic E-state index is 0.0226. The number of rotatable bonds is 3. The molecule has 2 rings (SSSR count). The van der Waals surface area contributed by atoms with Crippen molar-refractivity contribution in [2.75, 3.05) is 51.0 Å². The Labute approximate surface area is 100 Å². The van der Waals surface area contributed by atoms with Crippen LogP contribution in [0.4, 0.5) is 0 Å². The highest BCUT2D eigenvalue weighted by Crippen LogP contribution is 2.13. The van der Waals surface area contributed by atoms with E-state index in [2.05, 4.69) is 10.2 Å². The lowest BCUT2D eigenvalue weighted by Gasteiger charge is -2.35. The van der Waals surface area contributed by atoms with Gasteiger partial charge in [0.1, 0.15) is 0 Å². The van der Waals surface area contributed by atoms with E-state index in [9.17, 15) is 4.79 Å². The molecule has 2 aliphatic heterocycles. The molecule has 0 radical (unpaired) electrons. The lowest BCUT2D eigenvalue weighted by molar-refractivity contribution is -0.134. The number of aliphatic hydroxyl groups is 1. The average molecular weight is 245 g/mol. The topological polar surface area (TPSA) is 55.8 Å². The van der Waals surface area contributed by atoms with Crippen molar-refractivity contribution in [1.29, 1.82) is 0 Å². The Bertz CT molecular complexity index is 238. The summed E-state index contributed by atoms with van der Waals surface area (Å²) in [6.45, 7) is 4.27. The number of aliphatic hydroxyl groups excluding tert-OH is 1. The molecule has 2 saturated heterocycles. The Morgan fingerprint density at radius 3 is 2.69 bits per heavy atom. The first-order valence-electron chi connectivity index (χ1n) is 5.74. The molecule has 1 amide bonds. The molecule has 92 valence electrons. The molecule has 0 aliphatic carbocycles. The summed E-state index contributed by atoms with van der Waals surface area (Å²) in [4.78, 5) is 16.2. The zero-order chi connectivity index (χ0) is 11.4. The van der Waals surface area contributed by atoms with E-state index < -0.39 is 0 Å². The summed E-state index contributed by atoms with van der Waals surface area (Å²) in [6.07, 6.45) is 0. The van der Waals surface area contributed by atoms with Crippen molar-refractivity contribution >= 4 is 17.7 Å². The Kier molecular flexibility index (Phi) is 4.45. The van der Waals surface area contributed by atoms with Crippen LogP contribution < -0.4 is 5.32 Å². The highest BCUT2D eigenvalue weighted by atomic mass is 32.2. The van der Waals surface area contributed by atoms with Crippen molar-refractivity contribution in [3.8, 4) is 0 Å². The number of hydrogen-bond acceptors (Lipinski definition) is 5. The van der Waals surface area contributed by atoms with Crippen molar-refractivity contribution in [2.45, 2.75) is 6.04 Å². The van der Waals surface area contributed by atoms with Crippen molar-refractivity contribution in [3.63, 3.8) is 0 Å². The molecular weight excluding hydrogens is 226 g/mol. The van der Waals surface area contributed by atoms with Crippen LogP contribution in [-0.2, 0) is 4.79 Å². The van der Waals surface area contributed by atoms with Gasteiger partial charge in [0.15, 0.2) is 0 Å². The van der Waals surface area contributed by atoms with Crippen LogP contribution in [0.25, 0.3) is 0 Å². The van der Waals surface area contributed by atoms with Crippen LogP contribution in [0, 0.1) is 0 Å². The van der Waals surface area contributed by atoms with E-state index in [-0.39, 0.29) is 18.6 Å². The predicted octanol–water partition coefficient (Wildman–Crippen LogP) is -1.21. The molecule has 0 saturated carbocycles. The zero-order valence-corrected chi connectivity index (χ0v) is 10.2. The number of amides is 1. The normalized spacial score (nSPS) is 27.3. The van der Waals surface area contributed by atoms with Crippen LogP contribution in [0.2, 0.25) is 0 Å². The maximum absolute atomic E-state index is 12.0. The van der Waals surface area contributed by atoms with Gasteiger partial charge in [-0.1, -0.05) is 0 Å². The van der Waals surface area contributed by atoms with Gasteiger partial charge >= 0.3 is 0 Å². The Morgan fingerprint density at radius 2 is 2.12 bits per heavy atom. The fourth-order valence-electron chi connectivity index (χ4n) is 2.11. The van der Waals surface area contributed by atoms with Gasteiger partial charge in [0.05, 0.1) is 12.6 Å². The van der Waals surface area contributed by atoms with Crippen LogP contribution >= 0.6 is 11.8 Å². The van der Waals surface area contributed by atoms with Gasteiger partial charge < -0.3 is 10.0 Å². The van der Waals surface area contributed by atoms with Crippen LogP contribution in [0.3, 0.4) is 0 Å². The highest BCUT2D eigenvalue weighted by molar-refractivity contribution is 7.99. The monoisotopic (exact) mass is 245 g/mol. The fourth-order valence-corrected chi connectivity index (χ4v) is 3.04. The van der Waals surface area contributed by atoms with Crippen LogP contribution in [0.5, 0.6) is 0 Å². The van der Waals surface area contributed by atoms with Gasteiger partial charge in [-0.05, 0) is 0 Å². The third kappa shape index (κ3) is 2.88. The largest absolute Gasteiger partial charge is 0.395 e.